The Morgan fingerprint density at radius 3 is 2.45 bits per heavy atom. The number of nitrogens with two attached hydrogens (primary N) is 1. The number of piperazine rings is 1. The maximum atomic E-state index is 12.6. The molecule has 1 heterocycles. The number of carbonyl (C=O) groups excluding carboxylic acids is 1. The summed E-state index contributed by atoms with van der Waals surface area (Å²) >= 11 is 0. The second-order valence-corrected chi connectivity index (χ2v) is 6.03. The van der Waals surface area contributed by atoms with Gasteiger partial charge >= 0.3 is 0 Å². The molecule has 1 fully saturated rings. The summed E-state index contributed by atoms with van der Waals surface area (Å²) < 4.78 is 0. The van der Waals surface area contributed by atoms with E-state index in [1.165, 1.54) is 10.9 Å². The van der Waals surface area contributed by atoms with Gasteiger partial charge in [0.1, 0.15) is 0 Å². The van der Waals surface area contributed by atoms with E-state index in [0.717, 1.165) is 43.5 Å². The molecule has 1 saturated heterocycles. The fourth-order valence-electron chi connectivity index (χ4n) is 2.94. The lowest BCUT2D eigenvalue weighted by molar-refractivity contribution is 0.0664. The first kappa shape index (κ1) is 15.0. The molecule has 4 heteroatoms. The molecule has 0 aromatic heterocycles. The summed E-state index contributed by atoms with van der Waals surface area (Å²) in [7, 11) is 2.09. The molecule has 3 rings (SSSR count). The van der Waals surface area contributed by atoms with Gasteiger partial charge < -0.3 is 15.5 Å². The Balaban J connectivity index is 1.82. The third kappa shape index (κ3) is 3.13. The molecule has 0 unspecified atom stereocenters. The lowest BCUT2D eigenvalue weighted by Gasteiger charge is -2.32. The van der Waals surface area contributed by atoms with Crippen LogP contribution in [0.5, 0.6) is 0 Å². The van der Waals surface area contributed by atoms with E-state index in [9.17, 15) is 4.79 Å². The van der Waals surface area contributed by atoms with Crippen molar-refractivity contribution in [2.24, 2.45) is 5.73 Å². The number of benzene rings is 2. The van der Waals surface area contributed by atoms with Crippen molar-refractivity contribution in [1.82, 2.24) is 9.80 Å². The molecule has 2 aromatic rings. The summed E-state index contributed by atoms with van der Waals surface area (Å²) in [4.78, 5) is 16.8. The zero-order valence-electron chi connectivity index (χ0n) is 13.1. The Kier molecular flexibility index (Phi) is 4.41. The highest BCUT2D eigenvalue weighted by Crippen LogP contribution is 2.19. The molecule has 0 aliphatic carbocycles. The van der Waals surface area contributed by atoms with Crippen LogP contribution in [0.15, 0.2) is 36.4 Å². The predicted octanol–water partition coefficient (Wildman–Crippen LogP) is 1.73. The van der Waals surface area contributed by atoms with Crippen LogP contribution in [0, 0.1) is 0 Å². The molecule has 22 heavy (non-hydrogen) atoms. The molecular weight excluding hydrogens is 274 g/mol. The molecule has 0 saturated carbocycles. The number of hydrogen-bond acceptors (Lipinski definition) is 3. The number of nitrogens with zero attached hydrogens (tertiary/aromatic N) is 2. The zero-order chi connectivity index (χ0) is 15.5. The van der Waals surface area contributed by atoms with E-state index in [4.69, 9.17) is 5.73 Å². The third-order valence-electron chi connectivity index (χ3n) is 4.38. The number of carbonyl (C=O) groups is 1. The molecule has 0 atom stereocenters. The van der Waals surface area contributed by atoms with Crippen LogP contribution in [0.25, 0.3) is 10.8 Å². The lowest BCUT2D eigenvalue weighted by atomic mass is 10.0. The monoisotopic (exact) mass is 297 g/mol. The van der Waals surface area contributed by atoms with Crippen molar-refractivity contribution in [3.63, 3.8) is 0 Å². The van der Waals surface area contributed by atoms with E-state index >= 15 is 0 Å². The van der Waals surface area contributed by atoms with Crippen LogP contribution in [-0.2, 0) is 6.42 Å². The molecule has 2 aromatic carbocycles. The second kappa shape index (κ2) is 6.46. The van der Waals surface area contributed by atoms with Crippen molar-refractivity contribution < 1.29 is 4.79 Å². The van der Waals surface area contributed by atoms with E-state index < -0.39 is 0 Å². The number of likely N-dealkylation sites (N-methyl/N-ethyl adjacent to an activating group) is 1. The molecule has 4 nitrogen and oxygen atoms in total. The van der Waals surface area contributed by atoms with Crippen molar-refractivity contribution in [3.05, 3.63) is 47.5 Å². The van der Waals surface area contributed by atoms with Gasteiger partial charge in [-0.25, -0.2) is 0 Å². The Morgan fingerprint density at radius 2 is 1.73 bits per heavy atom. The highest BCUT2D eigenvalue weighted by Gasteiger charge is 2.20. The first-order valence-corrected chi connectivity index (χ1v) is 7.88. The molecular formula is C18H23N3O. The quantitative estimate of drug-likeness (QED) is 0.938. The maximum absolute atomic E-state index is 12.6. The minimum Gasteiger partial charge on any atom is -0.336 e. The summed E-state index contributed by atoms with van der Waals surface area (Å²) in [5.74, 6) is 0.140. The van der Waals surface area contributed by atoms with Gasteiger partial charge in [0.2, 0.25) is 0 Å². The smallest absolute Gasteiger partial charge is 0.253 e. The van der Waals surface area contributed by atoms with Gasteiger partial charge in [0, 0.05) is 31.7 Å². The van der Waals surface area contributed by atoms with E-state index in [1.807, 2.05) is 23.1 Å². The average molecular weight is 297 g/mol. The van der Waals surface area contributed by atoms with Gasteiger partial charge in [-0.2, -0.15) is 0 Å². The molecule has 2 N–H and O–H groups in total. The Labute approximate surface area is 131 Å². The minimum absolute atomic E-state index is 0.140. The summed E-state index contributed by atoms with van der Waals surface area (Å²) in [5, 5.41) is 2.28. The number of hydrogen-bond donors (Lipinski definition) is 1. The van der Waals surface area contributed by atoms with Gasteiger partial charge in [0.05, 0.1) is 0 Å². The summed E-state index contributed by atoms with van der Waals surface area (Å²) in [6.45, 7) is 4.17. The van der Waals surface area contributed by atoms with Crippen LogP contribution in [0.1, 0.15) is 15.9 Å². The van der Waals surface area contributed by atoms with Crippen LogP contribution < -0.4 is 5.73 Å². The predicted molar refractivity (Wildman–Crippen MR) is 90.1 cm³/mol. The average Bonchev–Trinajstić information content (AvgIpc) is 2.55. The maximum Gasteiger partial charge on any atom is 0.253 e. The van der Waals surface area contributed by atoms with Crippen molar-refractivity contribution in [1.29, 1.82) is 0 Å². The van der Waals surface area contributed by atoms with E-state index in [1.54, 1.807) is 0 Å². The first-order chi connectivity index (χ1) is 10.7. The van der Waals surface area contributed by atoms with Gasteiger partial charge in [-0.3, -0.25) is 4.79 Å². The van der Waals surface area contributed by atoms with Crippen molar-refractivity contribution >= 4 is 16.7 Å². The van der Waals surface area contributed by atoms with Gasteiger partial charge in [0.15, 0.2) is 0 Å². The van der Waals surface area contributed by atoms with Crippen molar-refractivity contribution in [3.8, 4) is 0 Å². The summed E-state index contributed by atoms with van der Waals surface area (Å²) in [6.07, 6.45) is 0.887. The van der Waals surface area contributed by atoms with E-state index in [-0.39, 0.29) is 5.91 Å². The van der Waals surface area contributed by atoms with Crippen LogP contribution in [0.2, 0.25) is 0 Å². The minimum atomic E-state index is 0.140. The van der Waals surface area contributed by atoms with Gasteiger partial charge in [-0.1, -0.05) is 24.3 Å². The van der Waals surface area contributed by atoms with E-state index in [2.05, 4.69) is 30.1 Å². The van der Waals surface area contributed by atoms with E-state index in [0.29, 0.717) is 6.54 Å². The van der Waals surface area contributed by atoms with Crippen molar-refractivity contribution in [2.45, 2.75) is 6.42 Å². The van der Waals surface area contributed by atoms with Crippen LogP contribution in [-0.4, -0.2) is 55.5 Å². The number of amides is 1. The SMILES string of the molecule is CN1CCN(C(=O)c2ccc3cc(CCN)ccc3c2)CC1. The third-order valence-corrected chi connectivity index (χ3v) is 4.38. The topological polar surface area (TPSA) is 49.6 Å². The standard InChI is InChI=1S/C18H23N3O/c1-20-8-10-21(11-9-20)18(22)17-5-4-15-12-14(6-7-19)2-3-16(15)13-17/h2-5,12-13H,6-11,19H2,1H3. The largest absolute Gasteiger partial charge is 0.336 e. The fourth-order valence-corrected chi connectivity index (χ4v) is 2.94. The molecule has 116 valence electrons. The normalized spacial score (nSPS) is 16.2. The zero-order valence-corrected chi connectivity index (χ0v) is 13.1. The number of rotatable bonds is 3. The molecule has 0 bridgehead atoms. The molecule has 0 spiro atoms. The Bertz CT molecular complexity index is 675. The first-order valence-electron chi connectivity index (χ1n) is 7.88. The van der Waals surface area contributed by atoms with Gasteiger partial charge in [0.25, 0.3) is 5.91 Å². The Hall–Kier alpha value is -1.91. The lowest BCUT2D eigenvalue weighted by Crippen LogP contribution is -2.47. The molecule has 1 aliphatic heterocycles. The van der Waals surface area contributed by atoms with Crippen molar-refractivity contribution in [2.75, 3.05) is 39.8 Å². The van der Waals surface area contributed by atoms with Crippen LogP contribution in [0.3, 0.4) is 0 Å². The van der Waals surface area contributed by atoms with Gasteiger partial charge in [-0.05, 0) is 48.5 Å². The highest BCUT2D eigenvalue weighted by atomic mass is 16.2. The molecule has 1 amide bonds. The summed E-state index contributed by atoms with van der Waals surface area (Å²) in [6, 6.07) is 12.3. The fraction of sp³-hybridized carbons (Fsp3) is 0.389. The Morgan fingerprint density at radius 1 is 1.05 bits per heavy atom. The summed E-state index contributed by atoms with van der Waals surface area (Å²) in [5.41, 5.74) is 7.63. The molecule has 0 radical (unpaired) electrons. The highest BCUT2D eigenvalue weighted by molar-refractivity contribution is 5.98. The number of fused-ring (bicyclic) bond motifs is 1. The molecule has 1 aliphatic rings. The van der Waals surface area contributed by atoms with Crippen LogP contribution >= 0.6 is 0 Å². The van der Waals surface area contributed by atoms with Gasteiger partial charge in [-0.15, -0.1) is 0 Å². The second-order valence-electron chi connectivity index (χ2n) is 6.03. The van der Waals surface area contributed by atoms with Crippen LogP contribution in [0.4, 0.5) is 0 Å².